The Kier molecular flexibility index (Phi) is 5.13. The van der Waals surface area contributed by atoms with Crippen molar-refractivity contribution in [1.82, 2.24) is 9.29 Å². The lowest BCUT2D eigenvalue weighted by atomic mass is 9.86. The van der Waals surface area contributed by atoms with Crippen LogP contribution in [0.4, 0.5) is 0 Å². The maximum absolute atomic E-state index is 13.0. The lowest BCUT2D eigenvalue weighted by molar-refractivity contribution is -0.146. The summed E-state index contributed by atoms with van der Waals surface area (Å²) in [5.41, 5.74) is 2.43. The zero-order valence-electron chi connectivity index (χ0n) is 16.6. The second kappa shape index (κ2) is 7.47. The van der Waals surface area contributed by atoms with Gasteiger partial charge in [0.2, 0.25) is 10.0 Å². The average molecular weight is 416 g/mol. The highest BCUT2D eigenvalue weighted by Gasteiger charge is 2.32. The number of hydrogen-bond acceptors (Lipinski definition) is 5. The number of methoxy groups -OCH3 is 1. The molecule has 2 aromatic rings. The molecule has 4 rings (SSSR count). The standard InChI is InChI=1S/C21H25N3O4S/c1-24-19-11-16(9-10-17(19)18(12-22)20(24)13-3-4-13)29(26,27)23-15-7-5-14(6-8-15)21(25)28-2/h9-11,13-15,23H,3-8H2,1-2H3/t14-,15-. The molecule has 0 bridgehead atoms. The number of nitrogens with one attached hydrogen (secondary N) is 1. The number of aromatic nitrogens is 1. The first kappa shape index (κ1) is 19.9. The summed E-state index contributed by atoms with van der Waals surface area (Å²) in [5, 5.41) is 10.4. The Balaban J connectivity index is 1.57. The van der Waals surface area contributed by atoms with Gasteiger partial charge in [-0.2, -0.15) is 5.26 Å². The van der Waals surface area contributed by atoms with Crippen LogP contribution < -0.4 is 4.72 Å². The summed E-state index contributed by atoms with van der Waals surface area (Å²) in [4.78, 5) is 11.9. The molecular weight excluding hydrogens is 390 g/mol. The second-order valence-electron chi connectivity index (χ2n) is 8.08. The van der Waals surface area contributed by atoms with Crippen molar-refractivity contribution >= 4 is 26.9 Å². The zero-order valence-corrected chi connectivity index (χ0v) is 17.5. The van der Waals surface area contributed by atoms with Gasteiger partial charge in [0.05, 0.1) is 29.0 Å². The van der Waals surface area contributed by atoms with Crippen molar-refractivity contribution in [3.05, 3.63) is 29.5 Å². The first-order chi connectivity index (χ1) is 13.9. The van der Waals surface area contributed by atoms with Gasteiger partial charge in [0, 0.05) is 30.1 Å². The fraction of sp³-hybridized carbons (Fsp3) is 0.524. The Labute approximate surface area is 170 Å². The van der Waals surface area contributed by atoms with Crippen LogP contribution in [0.5, 0.6) is 0 Å². The summed E-state index contributed by atoms with van der Waals surface area (Å²) >= 11 is 0. The molecule has 8 heteroatoms. The van der Waals surface area contributed by atoms with Crippen molar-refractivity contribution in [2.75, 3.05) is 7.11 Å². The van der Waals surface area contributed by atoms with E-state index < -0.39 is 10.0 Å². The molecule has 1 N–H and O–H groups in total. The highest BCUT2D eigenvalue weighted by atomic mass is 32.2. The Bertz CT molecular complexity index is 1100. The van der Waals surface area contributed by atoms with Crippen LogP contribution in [-0.2, 0) is 26.6 Å². The molecule has 29 heavy (non-hydrogen) atoms. The van der Waals surface area contributed by atoms with Crippen LogP contribution in [0, 0.1) is 17.2 Å². The van der Waals surface area contributed by atoms with E-state index in [1.807, 2.05) is 11.6 Å². The number of carbonyl (C=O) groups excluding carboxylic acids is 1. The van der Waals surface area contributed by atoms with Gasteiger partial charge in [-0.15, -0.1) is 0 Å². The van der Waals surface area contributed by atoms with Gasteiger partial charge < -0.3 is 9.30 Å². The maximum atomic E-state index is 13.0. The van der Waals surface area contributed by atoms with Crippen molar-refractivity contribution in [2.24, 2.45) is 13.0 Å². The van der Waals surface area contributed by atoms with Gasteiger partial charge in [-0.05, 0) is 50.7 Å². The number of carbonyl (C=O) groups is 1. The molecule has 1 heterocycles. The molecule has 0 saturated heterocycles. The third-order valence-electron chi connectivity index (χ3n) is 6.19. The summed E-state index contributed by atoms with van der Waals surface area (Å²) in [6.45, 7) is 0. The molecule has 2 fully saturated rings. The minimum absolute atomic E-state index is 0.147. The molecule has 1 aromatic heterocycles. The summed E-state index contributed by atoms with van der Waals surface area (Å²) in [7, 11) is -0.413. The molecule has 2 saturated carbocycles. The van der Waals surface area contributed by atoms with E-state index in [4.69, 9.17) is 4.74 Å². The number of benzene rings is 1. The van der Waals surface area contributed by atoms with Crippen LogP contribution >= 0.6 is 0 Å². The van der Waals surface area contributed by atoms with Crippen molar-refractivity contribution in [3.8, 4) is 6.07 Å². The molecule has 2 aliphatic rings. The van der Waals surface area contributed by atoms with E-state index in [-0.39, 0.29) is 22.8 Å². The van der Waals surface area contributed by atoms with E-state index in [1.54, 1.807) is 18.2 Å². The van der Waals surface area contributed by atoms with Gasteiger partial charge in [0.15, 0.2) is 0 Å². The minimum Gasteiger partial charge on any atom is -0.469 e. The highest BCUT2D eigenvalue weighted by Crippen LogP contribution is 2.44. The number of rotatable bonds is 5. The summed E-state index contributed by atoms with van der Waals surface area (Å²) in [6.07, 6.45) is 4.59. The summed E-state index contributed by atoms with van der Waals surface area (Å²) in [6, 6.07) is 7.07. The minimum atomic E-state index is -3.69. The normalized spacial score (nSPS) is 22.4. The van der Waals surface area contributed by atoms with Crippen molar-refractivity contribution in [2.45, 2.75) is 55.4 Å². The topological polar surface area (TPSA) is 101 Å². The SMILES string of the molecule is COC(=O)[C@H]1CC[C@H](NS(=O)(=O)c2ccc3c(C#N)c(C4CC4)n(C)c3c2)CC1. The summed E-state index contributed by atoms with van der Waals surface area (Å²) in [5.74, 6) is 0.0242. The molecule has 0 unspecified atom stereocenters. The van der Waals surface area contributed by atoms with Gasteiger partial charge in [0.1, 0.15) is 6.07 Å². The Morgan fingerprint density at radius 2 is 1.90 bits per heavy atom. The van der Waals surface area contributed by atoms with E-state index in [0.29, 0.717) is 37.2 Å². The van der Waals surface area contributed by atoms with Crippen molar-refractivity contribution in [1.29, 1.82) is 5.26 Å². The average Bonchev–Trinajstić information content (AvgIpc) is 3.51. The number of nitriles is 1. The predicted molar refractivity (Wildman–Crippen MR) is 108 cm³/mol. The van der Waals surface area contributed by atoms with Crippen LogP contribution in [0.3, 0.4) is 0 Å². The smallest absolute Gasteiger partial charge is 0.308 e. The third kappa shape index (κ3) is 3.65. The van der Waals surface area contributed by atoms with Crippen LogP contribution in [0.15, 0.2) is 23.1 Å². The predicted octanol–water partition coefficient (Wildman–Crippen LogP) is 2.94. The molecule has 2 aliphatic carbocycles. The highest BCUT2D eigenvalue weighted by molar-refractivity contribution is 7.89. The van der Waals surface area contributed by atoms with Gasteiger partial charge in [0.25, 0.3) is 0 Å². The summed E-state index contributed by atoms with van der Waals surface area (Å²) < 4.78 is 35.5. The lowest BCUT2D eigenvalue weighted by Gasteiger charge is -2.27. The van der Waals surface area contributed by atoms with Crippen molar-refractivity contribution < 1.29 is 17.9 Å². The van der Waals surface area contributed by atoms with Gasteiger partial charge in [-0.25, -0.2) is 13.1 Å². The fourth-order valence-corrected chi connectivity index (χ4v) is 5.78. The molecule has 0 aliphatic heterocycles. The first-order valence-corrected chi connectivity index (χ1v) is 11.5. The number of ether oxygens (including phenoxy) is 1. The van der Waals surface area contributed by atoms with Crippen LogP contribution in [0.25, 0.3) is 10.9 Å². The molecule has 0 atom stereocenters. The third-order valence-corrected chi connectivity index (χ3v) is 7.71. The Hall–Kier alpha value is -2.37. The quantitative estimate of drug-likeness (QED) is 0.757. The van der Waals surface area contributed by atoms with Gasteiger partial charge >= 0.3 is 5.97 Å². The van der Waals surface area contributed by atoms with Crippen LogP contribution in [-0.4, -0.2) is 32.1 Å². The number of hydrogen-bond donors (Lipinski definition) is 1. The molecule has 154 valence electrons. The molecular formula is C21H25N3O4S. The van der Waals surface area contributed by atoms with Gasteiger partial charge in [-0.1, -0.05) is 6.07 Å². The van der Waals surface area contributed by atoms with E-state index >= 15 is 0 Å². The van der Waals surface area contributed by atoms with E-state index in [0.717, 1.165) is 29.4 Å². The van der Waals surface area contributed by atoms with Crippen LogP contribution in [0.2, 0.25) is 0 Å². The van der Waals surface area contributed by atoms with Crippen LogP contribution in [0.1, 0.15) is 55.7 Å². The van der Waals surface area contributed by atoms with E-state index in [2.05, 4.69) is 10.8 Å². The molecule has 0 radical (unpaired) electrons. The monoisotopic (exact) mass is 415 g/mol. The number of sulfonamides is 1. The number of nitrogens with zero attached hydrogens (tertiary/aromatic N) is 2. The zero-order chi connectivity index (χ0) is 20.8. The molecule has 1 aromatic carbocycles. The fourth-order valence-electron chi connectivity index (χ4n) is 4.46. The molecule has 0 amide bonds. The number of fused-ring (bicyclic) bond motifs is 1. The second-order valence-corrected chi connectivity index (χ2v) is 9.79. The Morgan fingerprint density at radius 1 is 1.21 bits per heavy atom. The Morgan fingerprint density at radius 3 is 2.48 bits per heavy atom. The maximum Gasteiger partial charge on any atom is 0.308 e. The van der Waals surface area contributed by atoms with Crippen molar-refractivity contribution in [3.63, 3.8) is 0 Å². The molecule has 0 spiro atoms. The largest absolute Gasteiger partial charge is 0.469 e. The first-order valence-electron chi connectivity index (χ1n) is 9.98. The van der Waals surface area contributed by atoms with Gasteiger partial charge in [-0.3, -0.25) is 4.79 Å². The number of esters is 1. The number of aryl methyl sites for hydroxylation is 1. The lowest BCUT2D eigenvalue weighted by Crippen LogP contribution is -2.38. The van der Waals surface area contributed by atoms with E-state index in [9.17, 15) is 18.5 Å². The van der Waals surface area contributed by atoms with E-state index in [1.165, 1.54) is 7.11 Å². The molecule has 7 nitrogen and oxygen atoms in total.